The van der Waals surface area contributed by atoms with Crippen LogP contribution in [0.4, 0.5) is 0 Å². The van der Waals surface area contributed by atoms with Crippen LogP contribution in [0.25, 0.3) is 10.4 Å². The molecule has 110 valence electrons. The Morgan fingerprint density at radius 3 is 2.60 bits per heavy atom. The number of carbonyl (C=O) groups is 2. The lowest BCUT2D eigenvalue weighted by molar-refractivity contribution is -0.156. The number of ether oxygens (including phenoxy) is 2. The van der Waals surface area contributed by atoms with E-state index in [4.69, 9.17) is 15.0 Å². The van der Waals surface area contributed by atoms with Gasteiger partial charge in [0.1, 0.15) is 0 Å². The average molecular weight is 283 g/mol. The molecule has 0 radical (unpaired) electrons. The van der Waals surface area contributed by atoms with Crippen LogP contribution in [0.3, 0.4) is 0 Å². The van der Waals surface area contributed by atoms with E-state index in [0.717, 1.165) is 0 Å². The highest BCUT2D eigenvalue weighted by Crippen LogP contribution is 2.64. The smallest absolute Gasteiger partial charge is 0.321 e. The molecule has 0 aromatic carbocycles. The van der Waals surface area contributed by atoms with Crippen molar-refractivity contribution < 1.29 is 24.2 Å². The lowest BCUT2D eigenvalue weighted by atomic mass is 9.88. The summed E-state index contributed by atoms with van der Waals surface area (Å²) in [7, 11) is 0. The first-order valence-corrected chi connectivity index (χ1v) is 6.62. The minimum Gasteiger partial charge on any atom is -0.466 e. The summed E-state index contributed by atoms with van der Waals surface area (Å²) in [6.45, 7) is 3.66. The van der Waals surface area contributed by atoms with Gasteiger partial charge in [-0.1, -0.05) is 5.11 Å². The molecule has 2 aliphatic rings. The van der Waals surface area contributed by atoms with Crippen molar-refractivity contribution >= 4 is 11.9 Å². The number of nitrogens with zero attached hydrogens (tertiary/aromatic N) is 3. The third-order valence-electron chi connectivity index (χ3n) is 4.05. The molecule has 2 fully saturated rings. The SMILES string of the molecule is CCOC(=O)[C@H]1[C@@H]2C[C@@H](O)[C@@](N=[N+]=[N-])(C(=O)OCC)[C@@H]21. The fraction of sp³-hybridized carbons (Fsp3) is 0.833. The molecule has 0 aliphatic heterocycles. The number of aliphatic hydroxyl groups excluding tert-OH is 1. The largest absolute Gasteiger partial charge is 0.466 e. The van der Waals surface area contributed by atoms with Crippen molar-refractivity contribution in [2.24, 2.45) is 22.9 Å². The maximum absolute atomic E-state index is 12.1. The van der Waals surface area contributed by atoms with Gasteiger partial charge in [-0.05, 0) is 31.7 Å². The Morgan fingerprint density at radius 1 is 1.40 bits per heavy atom. The zero-order chi connectivity index (χ0) is 14.9. The van der Waals surface area contributed by atoms with E-state index >= 15 is 0 Å². The zero-order valence-electron chi connectivity index (χ0n) is 11.4. The fourth-order valence-electron chi connectivity index (χ4n) is 3.25. The van der Waals surface area contributed by atoms with Crippen LogP contribution in [0.15, 0.2) is 5.11 Å². The predicted molar refractivity (Wildman–Crippen MR) is 66.2 cm³/mol. The van der Waals surface area contributed by atoms with Crippen molar-refractivity contribution in [2.45, 2.75) is 31.9 Å². The van der Waals surface area contributed by atoms with Crippen LogP contribution in [0.2, 0.25) is 0 Å². The highest BCUT2D eigenvalue weighted by molar-refractivity contribution is 5.88. The molecule has 2 aliphatic carbocycles. The third kappa shape index (κ3) is 1.92. The summed E-state index contributed by atoms with van der Waals surface area (Å²) in [6, 6.07) is 0. The van der Waals surface area contributed by atoms with E-state index in [9.17, 15) is 14.7 Å². The van der Waals surface area contributed by atoms with Crippen LogP contribution in [0, 0.1) is 17.8 Å². The van der Waals surface area contributed by atoms with Gasteiger partial charge in [0.15, 0.2) is 5.54 Å². The Hall–Kier alpha value is -1.79. The molecule has 0 spiro atoms. The third-order valence-corrected chi connectivity index (χ3v) is 4.05. The van der Waals surface area contributed by atoms with E-state index in [1.54, 1.807) is 13.8 Å². The van der Waals surface area contributed by atoms with Crippen LogP contribution < -0.4 is 0 Å². The monoisotopic (exact) mass is 283 g/mol. The summed E-state index contributed by atoms with van der Waals surface area (Å²) >= 11 is 0. The summed E-state index contributed by atoms with van der Waals surface area (Å²) in [5.41, 5.74) is 7.01. The maximum Gasteiger partial charge on any atom is 0.321 e. The predicted octanol–water partition coefficient (Wildman–Crippen LogP) is 0.788. The molecule has 0 amide bonds. The molecular formula is C12H17N3O5. The lowest BCUT2D eigenvalue weighted by Crippen LogP contribution is -2.49. The minimum atomic E-state index is -1.70. The fourth-order valence-corrected chi connectivity index (χ4v) is 3.25. The molecule has 20 heavy (non-hydrogen) atoms. The first-order valence-electron chi connectivity index (χ1n) is 6.62. The van der Waals surface area contributed by atoms with Crippen molar-refractivity contribution in [3.8, 4) is 0 Å². The summed E-state index contributed by atoms with van der Waals surface area (Å²) in [5, 5.41) is 13.6. The number of esters is 2. The zero-order valence-corrected chi connectivity index (χ0v) is 11.4. The molecular weight excluding hydrogens is 266 g/mol. The molecule has 0 unspecified atom stereocenters. The van der Waals surface area contributed by atoms with Gasteiger partial charge in [-0.2, -0.15) is 0 Å². The molecule has 5 atom stereocenters. The molecule has 0 saturated heterocycles. The lowest BCUT2D eigenvalue weighted by Gasteiger charge is -2.28. The van der Waals surface area contributed by atoms with Gasteiger partial charge in [0, 0.05) is 10.8 Å². The average Bonchev–Trinajstić information content (AvgIpc) is 3.03. The number of carbonyl (C=O) groups excluding carboxylic acids is 2. The van der Waals surface area contributed by atoms with Crippen molar-refractivity contribution in [1.82, 2.24) is 0 Å². The van der Waals surface area contributed by atoms with Gasteiger partial charge in [0.05, 0.1) is 25.2 Å². The van der Waals surface area contributed by atoms with Crippen molar-refractivity contribution in [3.63, 3.8) is 0 Å². The number of hydrogen-bond acceptors (Lipinski definition) is 6. The quantitative estimate of drug-likeness (QED) is 0.346. The van der Waals surface area contributed by atoms with Gasteiger partial charge in [-0.15, -0.1) is 0 Å². The van der Waals surface area contributed by atoms with Crippen LogP contribution in [0.1, 0.15) is 20.3 Å². The molecule has 8 heteroatoms. The minimum absolute atomic E-state index is 0.107. The molecule has 0 aromatic heterocycles. The highest BCUT2D eigenvalue weighted by Gasteiger charge is 2.75. The van der Waals surface area contributed by atoms with Gasteiger partial charge < -0.3 is 14.6 Å². The van der Waals surface area contributed by atoms with E-state index in [0.29, 0.717) is 0 Å². The van der Waals surface area contributed by atoms with Gasteiger partial charge in [0.2, 0.25) is 0 Å². The van der Waals surface area contributed by atoms with E-state index in [1.165, 1.54) is 0 Å². The first kappa shape index (κ1) is 14.6. The standard InChI is InChI=1S/C12H17N3O5/c1-3-19-10(17)8-6-5-7(16)12(9(6)8,14-15-13)11(18)20-4-2/h6-9,16H,3-5H2,1-2H3/t6-,7+,8-,9-,12-/m0/s1. The van der Waals surface area contributed by atoms with E-state index in [1.807, 2.05) is 0 Å². The Morgan fingerprint density at radius 2 is 2.05 bits per heavy atom. The summed E-state index contributed by atoms with van der Waals surface area (Å²) < 4.78 is 9.86. The van der Waals surface area contributed by atoms with E-state index in [-0.39, 0.29) is 25.6 Å². The molecule has 1 N–H and O–H groups in total. The number of hydrogen-bond donors (Lipinski definition) is 1. The molecule has 0 aromatic rings. The van der Waals surface area contributed by atoms with Gasteiger partial charge in [0.25, 0.3) is 0 Å². The van der Waals surface area contributed by atoms with Gasteiger partial charge in [-0.25, -0.2) is 0 Å². The van der Waals surface area contributed by atoms with Crippen LogP contribution in [-0.4, -0.2) is 41.9 Å². The number of fused-ring (bicyclic) bond motifs is 1. The van der Waals surface area contributed by atoms with Crippen LogP contribution in [0.5, 0.6) is 0 Å². The van der Waals surface area contributed by atoms with Crippen molar-refractivity contribution in [2.75, 3.05) is 13.2 Å². The topological polar surface area (TPSA) is 122 Å². The molecule has 2 saturated carbocycles. The van der Waals surface area contributed by atoms with Gasteiger partial charge in [-0.3, -0.25) is 9.59 Å². The molecule has 2 rings (SSSR count). The second-order valence-corrected chi connectivity index (χ2v) is 4.95. The number of azide groups is 1. The number of rotatable bonds is 5. The maximum atomic E-state index is 12.1. The first-order chi connectivity index (χ1) is 9.54. The second kappa shape index (κ2) is 5.30. The highest BCUT2D eigenvalue weighted by atomic mass is 16.5. The van der Waals surface area contributed by atoms with Crippen LogP contribution in [-0.2, 0) is 19.1 Å². The normalized spacial score (nSPS) is 37.5. The van der Waals surface area contributed by atoms with Crippen LogP contribution >= 0.6 is 0 Å². The second-order valence-electron chi connectivity index (χ2n) is 4.95. The number of aliphatic hydroxyl groups is 1. The summed E-state index contributed by atoms with van der Waals surface area (Å²) in [4.78, 5) is 26.6. The Kier molecular flexibility index (Phi) is 3.87. The van der Waals surface area contributed by atoms with Crippen molar-refractivity contribution in [3.05, 3.63) is 10.4 Å². The van der Waals surface area contributed by atoms with E-state index < -0.39 is 35.4 Å². The van der Waals surface area contributed by atoms with E-state index in [2.05, 4.69) is 10.0 Å². The van der Waals surface area contributed by atoms with Gasteiger partial charge >= 0.3 is 11.9 Å². The molecule has 8 nitrogen and oxygen atoms in total. The Bertz CT molecular complexity index is 476. The Balaban J connectivity index is 2.29. The van der Waals surface area contributed by atoms with Crippen molar-refractivity contribution in [1.29, 1.82) is 0 Å². The molecule has 0 heterocycles. The molecule has 0 bridgehead atoms. The summed E-state index contributed by atoms with van der Waals surface area (Å²) in [6.07, 6.45) is -0.899. The summed E-state index contributed by atoms with van der Waals surface area (Å²) in [5.74, 6) is -2.43. The Labute approximate surface area is 115 Å².